The van der Waals surface area contributed by atoms with Crippen LogP contribution >= 0.6 is 0 Å². The van der Waals surface area contributed by atoms with Gasteiger partial charge in [0.25, 0.3) is 0 Å². The highest BCUT2D eigenvalue weighted by Crippen LogP contribution is 2.32. The van der Waals surface area contributed by atoms with E-state index >= 15 is 0 Å². The topological polar surface area (TPSA) is 160 Å². The zero-order valence-electron chi connectivity index (χ0n) is 16.6. The Hall–Kier alpha value is -2.29. The van der Waals surface area contributed by atoms with Crippen LogP contribution in [0.2, 0.25) is 0 Å². The minimum Gasteiger partial charge on any atom is -0.394 e. The van der Waals surface area contributed by atoms with Gasteiger partial charge < -0.3 is 30.9 Å². The largest absolute Gasteiger partial charge is 0.394 e. The van der Waals surface area contributed by atoms with Crippen molar-refractivity contribution in [2.45, 2.75) is 75.1 Å². The van der Waals surface area contributed by atoms with E-state index < -0.39 is 36.7 Å². The maximum absolute atomic E-state index is 10.7. The Bertz CT molecular complexity index is 960. The smallest absolute Gasteiger partial charge is 0.208 e. The SMILES string of the molecule is Nc1nc(C#CCC2(O)CCCCCC2)nc2c1ncn2[C@@H]1O[C@H](CO)C(O)C1O. The average Bonchev–Trinajstić information content (AvgIpc) is 3.17. The number of hydrogen-bond acceptors (Lipinski definition) is 9. The second-order valence-electron chi connectivity index (χ2n) is 8.10. The van der Waals surface area contributed by atoms with E-state index in [9.17, 15) is 20.4 Å². The number of hydrogen-bond donors (Lipinski definition) is 5. The first-order valence-corrected chi connectivity index (χ1v) is 10.3. The lowest BCUT2D eigenvalue weighted by Gasteiger charge is -2.23. The molecule has 0 amide bonds. The molecular formula is C20H27N5O5. The van der Waals surface area contributed by atoms with Gasteiger partial charge in [-0.25, -0.2) is 15.0 Å². The van der Waals surface area contributed by atoms with Gasteiger partial charge >= 0.3 is 0 Å². The first kappa shape index (κ1) is 21.0. The van der Waals surface area contributed by atoms with E-state index in [-0.39, 0.29) is 11.6 Å². The Morgan fingerprint density at radius 2 is 1.90 bits per heavy atom. The van der Waals surface area contributed by atoms with E-state index in [0.29, 0.717) is 17.6 Å². The van der Waals surface area contributed by atoms with Crippen LogP contribution in [0.5, 0.6) is 0 Å². The Balaban J connectivity index is 1.60. The van der Waals surface area contributed by atoms with E-state index in [1.165, 1.54) is 10.9 Å². The lowest BCUT2D eigenvalue weighted by atomic mass is 9.91. The van der Waals surface area contributed by atoms with E-state index in [1.807, 2.05) is 0 Å². The fraction of sp³-hybridized carbons (Fsp3) is 0.650. The summed E-state index contributed by atoms with van der Waals surface area (Å²) in [4.78, 5) is 12.7. The van der Waals surface area contributed by atoms with E-state index in [2.05, 4.69) is 26.8 Å². The van der Waals surface area contributed by atoms with Crippen LogP contribution in [0, 0.1) is 11.8 Å². The molecule has 2 unspecified atom stereocenters. The molecule has 2 fully saturated rings. The molecule has 6 N–H and O–H groups in total. The van der Waals surface area contributed by atoms with Crippen molar-refractivity contribution < 1.29 is 25.2 Å². The second kappa shape index (κ2) is 8.45. The lowest BCUT2D eigenvalue weighted by Crippen LogP contribution is -2.33. The quantitative estimate of drug-likeness (QED) is 0.338. The van der Waals surface area contributed by atoms with Gasteiger partial charge in [-0.3, -0.25) is 4.57 Å². The van der Waals surface area contributed by atoms with Gasteiger partial charge in [0.1, 0.15) is 23.8 Å². The molecule has 0 bridgehead atoms. The number of nitrogens with two attached hydrogens (primary N) is 1. The van der Waals surface area contributed by atoms with Crippen molar-refractivity contribution in [1.82, 2.24) is 19.5 Å². The minimum absolute atomic E-state index is 0.128. The number of fused-ring (bicyclic) bond motifs is 1. The molecule has 0 spiro atoms. The molecule has 1 aliphatic heterocycles. The van der Waals surface area contributed by atoms with Crippen LogP contribution in [-0.2, 0) is 4.74 Å². The lowest BCUT2D eigenvalue weighted by molar-refractivity contribution is -0.0511. The third-order valence-corrected chi connectivity index (χ3v) is 5.89. The first-order valence-electron chi connectivity index (χ1n) is 10.3. The predicted octanol–water partition coefficient (Wildman–Crippen LogP) is -0.153. The molecule has 2 aromatic rings. The van der Waals surface area contributed by atoms with Crippen LogP contribution in [0.15, 0.2) is 6.33 Å². The molecule has 0 radical (unpaired) electrons. The van der Waals surface area contributed by atoms with Gasteiger partial charge in [0.2, 0.25) is 5.82 Å². The van der Waals surface area contributed by atoms with E-state index in [4.69, 9.17) is 10.5 Å². The zero-order valence-corrected chi connectivity index (χ0v) is 16.6. The second-order valence-corrected chi connectivity index (χ2v) is 8.10. The van der Waals surface area contributed by atoms with Crippen LogP contribution in [0.25, 0.3) is 11.2 Å². The molecule has 2 aromatic heterocycles. The fourth-order valence-corrected chi connectivity index (χ4v) is 4.14. The van der Waals surface area contributed by atoms with Crippen LogP contribution < -0.4 is 5.73 Å². The van der Waals surface area contributed by atoms with Gasteiger partial charge in [-0.1, -0.05) is 31.6 Å². The summed E-state index contributed by atoms with van der Waals surface area (Å²) < 4.78 is 7.00. The maximum atomic E-state index is 10.7. The summed E-state index contributed by atoms with van der Waals surface area (Å²) >= 11 is 0. The number of anilines is 1. The molecular weight excluding hydrogens is 390 g/mol. The van der Waals surface area contributed by atoms with Crippen LogP contribution in [0.4, 0.5) is 5.82 Å². The number of aliphatic hydroxyl groups excluding tert-OH is 3. The molecule has 4 atom stereocenters. The highest BCUT2D eigenvalue weighted by atomic mass is 16.6. The number of imidazole rings is 1. The Labute approximate surface area is 173 Å². The summed E-state index contributed by atoms with van der Waals surface area (Å²) in [5, 5.41) is 40.4. The summed E-state index contributed by atoms with van der Waals surface area (Å²) in [6, 6.07) is 0. The highest BCUT2D eigenvalue weighted by Gasteiger charge is 2.44. The molecule has 0 aromatic carbocycles. The number of rotatable bonds is 3. The highest BCUT2D eigenvalue weighted by molar-refractivity contribution is 5.82. The summed E-state index contributed by atoms with van der Waals surface area (Å²) in [6.45, 7) is -0.432. The molecule has 1 saturated heterocycles. The van der Waals surface area contributed by atoms with Gasteiger partial charge in [0.05, 0.1) is 18.5 Å². The van der Waals surface area contributed by atoms with Crippen LogP contribution in [0.1, 0.15) is 57.0 Å². The van der Waals surface area contributed by atoms with Gasteiger partial charge in [-0.2, -0.15) is 0 Å². The van der Waals surface area contributed by atoms with Crippen LogP contribution in [0.3, 0.4) is 0 Å². The van der Waals surface area contributed by atoms with Crippen molar-refractivity contribution in [3.8, 4) is 11.8 Å². The van der Waals surface area contributed by atoms with Crippen molar-refractivity contribution >= 4 is 17.0 Å². The third-order valence-electron chi connectivity index (χ3n) is 5.89. The molecule has 1 saturated carbocycles. The van der Waals surface area contributed by atoms with Gasteiger partial charge in [-0.05, 0) is 18.8 Å². The van der Waals surface area contributed by atoms with Crippen molar-refractivity contribution in [3.05, 3.63) is 12.2 Å². The summed E-state index contributed by atoms with van der Waals surface area (Å²) in [5.74, 6) is 6.15. The monoisotopic (exact) mass is 417 g/mol. The van der Waals surface area contributed by atoms with E-state index in [1.54, 1.807) is 0 Å². The Morgan fingerprint density at radius 3 is 2.57 bits per heavy atom. The Morgan fingerprint density at radius 1 is 1.17 bits per heavy atom. The number of aliphatic hydroxyl groups is 4. The first-order chi connectivity index (χ1) is 14.4. The van der Waals surface area contributed by atoms with Crippen molar-refractivity contribution in [3.63, 3.8) is 0 Å². The zero-order chi connectivity index (χ0) is 21.3. The fourth-order valence-electron chi connectivity index (χ4n) is 4.14. The van der Waals surface area contributed by atoms with Gasteiger partial charge in [0, 0.05) is 6.42 Å². The molecule has 1 aliphatic carbocycles. The molecule has 10 nitrogen and oxygen atoms in total. The maximum Gasteiger partial charge on any atom is 0.208 e. The summed E-state index contributed by atoms with van der Waals surface area (Å²) in [6.07, 6.45) is 3.06. The molecule has 4 rings (SSSR count). The molecule has 30 heavy (non-hydrogen) atoms. The molecule has 162 valence electrons. The summed E-state index contributed by atoms with van der Waals surface area (Å²) in [5.41, 5.74) is 5.85. The number of ether oxygens (including phenoxy) is 1. The normalized spacial score (nSPS) is 28.8. The number of nitrogens with zero attached hydrogens (tertiary/aromatic N) is 4. The van der Waals surface area contributed by atoms with Crippen molar-refractivity contribution in [1.29, 1.82) is 0 Å². The predicted molar refractivity (Wildman–Crippen MR) is 107 cm³/mol. The minimum atomic E-state index is -1.27. The number of nitrogen functional groups attached to an aromatic ring is 1. The Kier molecular flexibility index (Phi) is 5.90. The van der Waals surface area contributed by atoms with E-state index in [0.717, 1.165) is 38.5 Å². The van der Waals surface area contributed by atoms with Gasteiger partial charge in [-0.15, -0.1) is 0 Å². The standard InChI is InChI=1S/C20H27N5O5/c21-17-14-18(25(11-22-14)19-16(28)15(27)12(10-26)30-19)24-13(23-17)6-5-9-20(29)7-3-1-2-4-8-20/h11-12,15-16,19,26-29H,1-4,7-10H2,(H2,21,23,24)/t12-,15?,16?,19-/m1/s1. The van der Waals surface area contributed by atoms with Crippen molar-refractivity contribution in [2.24, 2.45) is 0 Å². The third kappa shape index (κ3) is 3.99. The molecule has 3 heterocycles. The number of aromatic nitrogens is 4. The van der Waals surface area contributed by atoms with Gasteiger partial charge in [0.15, 0.2) is 17.7 Å². The van der Waals surface area contributed by atoms with Crippen LogP contribution in [-0.4, -0.2) is 70.5 Å². The summed E-state index contributed by atoms with van der Waals surface area (Å²) in [7, 11) is 0. The molecule has 2 aliphatic rings. The molecule has 10 heteroatoms. The average molecular weight is 417 g/mol. The van der Waals surface area contributed by atoms with Crippen molar-refractivity contribution in [2.75, 3.05) is 12.3 Å².